The van der Waals surface area contributed by atoms with Crippen molar-refractivity contribution in [3.63, 3.8) is 0 Å². The molecule has 1 aromatic heterocycles. The molecule has 0 aromatic carbocycles. The molecule has 1 aliphatic rings. The first kappa shape index (κ1) is 9.66. The van der Waals surface area contributed by atoms with Crippen molar-refractivity contribution >= 4 is 0 Å². The molecular formula is C12H18N2. The minimum absolute atomic E-state index is 0.0130. The number of aryl methyl sites for hydroxylation is 1. The van der Waals surface area contributed by atoms with Crippen LogP contribution in [-0.4, -0.2) is 10.5 Å². The van der Waals surface area contributed by atoms with E-state index >= 15 is 0 Å². The fourth-order valence-electron chi connectivity index (χ4n) is 2.20. The van der Waals surface area contributed by atoms with Crippen molar-refractivity contribution in [2.45, 2.75) is 44.6 Å². The molecule has 1 saturated carbocycles. The Morgan fingerprint density at radius 2 is 2.07 bits per heavy atom. The van der Waals surface area contributed by atoms with Gasteiger partial charge in [-0.2, -0.15) is 0 Å². The lowest BCUT2D eigenvalue weighted by atomic mass is 9.75. The van der Waals surface area contributed by atoms with Gasteiger partial charge in [0, 0.05) is 23.3 Å². The zero-order valence-corrected chi connectivity index (χ0v) is 9.17. The van der Waals surface area contributed by atoms with Crippen LogP contribution in [0.1, 0.15) is 37.8 Å². The normalized spacial score (nSPS) is 19.4. The zero-order chi connectivity index (χ0) is 10.4. The summed E-state index contributed by atoms with van der Waals surface area (Å²) in [6.45, 7) is 6.58. The van der Waals surface area contributed by atoms with Crippen LogP contribution in [0, 0.1) is 6.92 Å². The van der Waals surface area contributed by atoms with Crippen LogP contribution >= 0.6 is 0 Å². The summed E-state index contributed by atoms with van der Waals surface area (Å²) in [5.41, 5.74) is 8.97. The summed E-state index contributed by atoms with van der Waals surface area (Å²) in [4.78, 5) is 4.12. The third-order valence-corrected chi connectivity index (χ3v) is 3.73. The third-order valence-electron chi connectivity index (χ3n) is 3.73. The second kappa shape index (κ2) is 2.80. The molecule has 2 nitrogen and oxygen atoms in total. The van der Waals surface area contributed by atoms with Crippen molar-refractivity contribution in [2.24, 2.45) is 5.73 Å². The van der Waals surface area contributed by atoms with E-state index in [9.17, 15) is 0 Å². The molecule has 1 fully saturated rings. The number of nitrogens with two attached hydrogens (primary N) is 1. The quantitative estimate of drug-likeness (QED) is 0.776. The lowest BCUT2D eigenvalue weighted by molar-refractivity contribution is 0.389. The van der Waals surface area contributed by atoms with Gasteiger partial charge in [0.25, 0.3) is 0 Å². The molecule has 2 heteroatoms. The minimum atomic E-state index is 0.0130. The lowest BCUT2D eigenvalue weighted by Crippen LogP contribution is -2.43. The van der Waals surface area contributed by atoms with Crippen LogP contribution in [0.4, 0.5) is 0 Å². The lowest BCUT2D eigenvalue weighted by Gasteiger charge is -2.33. The Morgan fingerprint density at radius 1 is 1.43 bits per heavy atom. The number of aromatic nitrogens is 1. The number of hydrogen-bond donors (Lipinski definition) is 1. The summed E-state index contributed by atoms with van der Waals surface area (Å²) in [5, 5.41) is 0. The summed E-state index contributed by atoms with van der Waals surface area (Å²) in [5.74, 6) is 0. The molecule has 0 spiro atoms. The average molecular weight is 190 g/mol. The fourth-order valence-corrected chi connectivity index (χ4v) is 2.20. The van der Waals surface area contributed by atoms with Gasteiger partial charge >= 0.3 is 0 Å². The number of pyridine rings is 1. The molecule has 2 N–H and O–H groups in total. The van der Waals surface area contributed by atoms with Gasteiger partial charge in [-0.15, -0.1) is 0 Å². The first-order valence-electron chi connectivity index (χ1n) is 5.17. The molecule has 2 rings (SSSR count). The van der Waals surface area contributed by atoms with E-state index in [0.29, 0.717) is 0 Å². The van der Waals surface area contributed by atoms with E-state index in [2.05, 4.69) is 31.8 Å². The van der Waals surface area contributed by atoms with Gasteiger partial charge in [-0.05, 0) is 37.0 Å². The van der Waals surface area contributed by atoms with Crippen molar-refractivity contribution in [3.8, 4) is 0 Å². The topological polar surface area (TPSA) is 38.9 Å². The van der Waals surface area contributed by atoms with E-state index in [-0.39, 0.29) is 11.0 Å². The van der Waals surface area contributed by atoms with Crippen molar-refractivity contribution < 1.29 is 0 Å². The predicted molar refractivity (Wildman–Crippen MR) is 58.2 cm³/mol. The zero-order valence-electron chi connectivity index (χ0n) is 9.17. The number of rotatable bonds is 2. The molecule has 0 aliphatic heterocycles. The van der Waals surface area contributed by atoms with E-state index < -0.39 is 0 Å². The van der Waals surface area contributed by atoms with Crippen LogP contribution in [-0.2, 0) is 5.41 Å². The summed E-state index contributed by atoms with van der Waals surface area (Å²) >= 11 is 0. The highest BCUT2D eigenvalue weighted by atomic mass is 14.9. The van der Waals surface area contributed by atoms with E-state index in [1.54, 1.807) is 0 Å². The highest BCUT2D eigenvalue weighted by molar-refractivity contribution is 5.36. The van der Waals surface area contributed by atoms with Gasteiger partial charge in [-0.25, -0.2) is 0 Å². The highest BCUT2D eigenvalue weighted by Gasteiger charge is 2.52. The Labute approximate surface area is 85.5 Å². The maximum Gasteiger partial charge on any atom is 0.0300 e. The predicted octanol–water partition coefficient (Wildman–Crippen LogP) is 2.16. The van der Waals surface area contributed by atoms with Crippen LogP contribution in [0.5, 0.6) is 0 Å². The van der Waals surface area contributed by atoms with Gasteiger partial charge < -0.3 is 5.73 Å². The van der Waals surface area contributed by atoms with Gasteiger partial charge in [0.2, 0.25) is 0 Å². The molecule has 0 saturated heterocycles. The van der Waals surface area contributed by atoms with Crippen molar-refractivity contribution in [3.05, 3.63) is 29.6 Å². The van der Waals surface area contributed by atoms with Crippen molar-refractivity contribution in [1.82, 2.24) is 4.98 Å². The molecule has 0 atom stereocenters. The fraction of sp³-hybridized carbons (Fsp3) is 0.583. The second-order valence-electron chi connectivity index (χ2n) is 4.97. The molecule has 1 heterocycles. The van der Waals surface area contributed by atoms with Crippen LogP contribution in [0.3, 0.4) is 0 Å². The maximum atomic E-state index is 6.30. The molecule has 14 heavy (non-hydrogen) atoms. The first-order valence-corrected chi connectivity index (χ1v) is 5.17. The molecule has 0 bridgehead atoms. The van der Waals surface area contributed by atoms with Gasteiger partial charge in [0.1, 0.15) is 0 Å². The summed E-state index contributed by atoms with van der Waals surface area (Å²) in [7, 11) is 0. The van der Waals surface area contributed by atoms with Gasteiger partial charge in [0.05, 0.1) is 0 Å². The maximum absolute atomic E-state index is 6.30. The summed E-state index contributed by atoms with van der Waals surface area (Å²) in [6, 6.07) is 2.10. The SMILES string of the molecule is Cc1cnccc1C(C)(C)C1(N)CC1. The first-order chi connectivity index (χ1) is 6.47. The Bertz CT molecular complexity index is 351. The largest absolute Gasteiger partial charge is 0.324 e. The van der Waals surface area contributed by atoms with E-state index in [1.165, 1.54) is 11.1 Å². The van der Waals surface area contributed by atoms with Gasteiger partial charge in [-0.1, -0.05) is 13.8 Å². The van der Waals surface area contributed by atoms with Gasteiger partial charge in [-0.3, -0.25) is 4.98 Å². The van der Waals surface area contributed by atoms with Gasteiger partial charge in [0.15, 0.2) is 0 Å². The van der Waals surface area contributed by atoms with Crippen LogP contribution in [0.15, 0.2) is 18.5 Å². The standard InChI is InChI=1S/C12H18N2/c1-9-8-14-7-4-10(9)11(2,3)12(13)5-6-12/h4,7-8H,5-6,13H2,1-3H3. The smallest absolute Gasteiger partial charge is 0.0300 e. The molecule has 76 valence electrons. The van der Waals surface area contributed by atoms with E-state index in [0.717, 1.165) is 12.8 Å². The Hall–Kier alpha value is -0.890. The molecule has 0 radical (unpaired) electrons. The second-order valence-corrected chi connectivity index (χ2v) is 4.97. The Balaban J connectivity index is 2.44. The molecule has 1 aliphatic carbocycles. The van der Waals surface area contributed by atoms with Crippen molar-refractivity contribution in [1.29, 1.82) is 0 Å². The summed E-state index contributed by atoms with van der Waals surface area (Å²) in [6.07, 6.45) is 6.06. The van der Waals surface area contributed by atoms with Crippen LogP contribution < -0.4 is 5.73 Å². The Kier molecular flexibility index (Phi) is 1.93. The highest BCUT2D eigenvalue weighted by Crippen LogP contribution is 2.49. The third kappa shape index (κ3) is 1.25. The molecule has 0 unspecified atom stereocenters. The summed E-state index contributed by atoms with van der Waals surface area (Å²) < 4.78 is 0. The number of nitrogens with zero attached hydrogens (tertiary/aromatic N) is 1. The molecule has 0 amide bonds. The van der Waals surface area contributed by atoms with E-state index in [4.69, 9.17) is 5.73 Å². The minimum Gasteiger partial charge on any atom is -0.324 e. The van der Waals surface area contributed by atoms with Crippen LogP contribution in [0.2, 0.25) is 0 Å². The number of hydrogen-bond acceptors (Lipinski definition) is 2. The molecule has 1 aromatic rings. The van der Waals surface area contributed by atoms with E-state index in [1.807, 2.05) is 12.4 Å². The molecular weight excluding hydrogens is 172 g/mol. The average Bonchev–Trinajstić information content (AvgIpc) is 2.86. The van der Waals surface area contributed by atoms with Crippen LogP contribution in [0.25, 0.3) is 0 Å². The monoisotopic (exact) mass is 190 g/mol. The van der Waals surface area contributed by atoms with Crippen molar-refractivity contribution in [2.75, 3.05) is 0 Å². The Morgan fingerprint density at radius 3 is 2.57 bits per heavy atom.